The standard InChI is InChI=1S/C7H10N2O2S2/c1-3-2-12-4(6(8)10)5(13-3)7(9)11/h3H,2H2,1H3,(H2,8,10)(H2,9,11). The maximum absolute atomic E-state index is 10.9. The molecule has 0 radical (unpaired) electrons. The number of hydrogen-bond donors (Lipinski definition) is 2. The molecule has 4 nitrogen and oxygen atoms in total. The first-order chi connectivity index (χ1) is 6.02. The Morgan fingerprint density at radius 3 is 2.31 bits per heavy atom. The predicted molar refractivity (Wildman–Crippen MR) is 54.9 cm³/mol. The summed E-state index contributed by atoms with van der Waals surface area (Å²) >= 11 is 2.61. The Morgan fingerprint density at radius 2 is 1.85 bits per heavy atom. The molecule has 1 aliphatic rings. The largest absolute Gasteiger partial charge is 0.365 e. The second-order valence-corrected chi connectivity index (χ2v) is 5.11. The summed E-state index contributed by atoms with van der Waals surface area (Å²) in [6, 6.07) is 0. The molecule has 0 saturated heterocycles. The molecule has 1 atom stereocenters. The third-order valence-corrected chi connectivity index (χ3v) is 4.35. The van der Waals surface area contributed by atoms with Crippen LogP contribution in [0, 0.1) is 0 Å². The van der Waals surface area contributed by atoms with E-state index in [9.17, 15) is 9.59 Å². The van der Waals surface area contributed by atoms with E-state index in [1.54, 1.807) is 0 Å². The summed E-state index contributed by atoms with van der Waals surface area (Å²) in [5.74, 6) is -0.365. The smallest absolute Gasteiger partial charge is 0.256 e. The lowest BCUT2D eigenvalue weighted by Gasteiger charge is -2.19. The van der Waals surface area contributed by atoms with Gasteiger partial charge < -0.3 is 11.5 Å². The zero-order valence-corrected chi connectivity index (χ0v) is 8.71. The third-order valence-electron chi connectivity index (χ3n) is 1.44. The molecule has 1 heterocycles. The molecule has 0 aromatic carbocycles. The van der Waals surface area contributed by atoms with Gasteiger partial charge in [0.25, 0.3) is 11.8 Å². The lowest BCUT2D eigenvalue weighted by molar-refractivity contribution is -0.116. The van der Waals surface area contributed by atoms with E-state index in [1.807, 2.05) is 6.92 Å². The van der Waals surface area contributed by atoms with Gasteiger partial charge in [-0.05, 0) is 0 Å². The molecule has 1 aliphatic heterocycles. The highest BCUT2D eigenvalue weighted by Gasteiger charge is 2.25. The van der Waals surface area contributed by atoms with Crippen LogP contribution >= 0.6 is 23.5 Å². The summed E-state index contributed by atoms with van der Waals surface area (Å²) in [5.41, 5.74) is 10.2. The molecule has 0 saturated carbocycles. The number of primary amides is 2. The summed E-state index contributed by atoms with van der Waals surface area (Å²) in [4.78, 5) is 22.4. The van der Waals surface area contributed by atoms with Crippen molar-refractivity contribution in [2.24, 2.45) is 11.5 Å². The Morgan fingerprint density at radius 1 is 1.31 bits per heavy atom. The lowest BCUT2D eigenvalue weighted by atomic mass is 10.4. The van der Waals surface area contributed by atoms with Gasteiger partial charge in [-0.2, -0.15) is 0 Å². The van der Waals surface area contributed by atoms with Crippen molar-refractivity contribution >= 4 is 35.3 Å². The molecule has 6 heteroatoms. The van der Waals surface area contributed by atoms with Crippen LogP contribution in [0.15, 0.2) is 9.81 Å². The van der Waals surface area contributed by atoms with Crippen molar-refractivity contribution in [3.8, 4) is 0 Å². The van der Waals surface area contributed by atoms with Gasteiger partial charge in [0.05, 0.1) is 9.81 Å². The monoisotopic (exact) mass is 218 g/mol. The van der Waals surface area contributed by atoms with Gasteiger partial charge >= 0.3 is 0 Å². The molecule has 2 amide bonds. The average molecular weight is 218 g/mol. The first-order valence-corrected chi connectivity index (χ1v) is 5.52. The van der Waals surface area contributed by atoms with Gasteiger partial charge in [0.15, 0.2) is 0 Å². The number of carbonyl (C=O) groups is 2. The molecule has 0 bridgehead atoms. The van der Waals surface area contributed by atoms with Crippen LogP contribution in [-0.4, -0.2) is 22.8 Å². The van der Waals surface area contributed by atoms with Crippen molar-refractivity contribution in [1.29, 1.82) is 0 Å². The highest BCUT2D eigenvalue weighted by molar-refractivity contribution is 8.11. The van der Waals surface area contributed by atoms with Crippen molar-refractivity contribution < 1.29 is 9.59 Å². The summed E-state index contributed by atoms with van der Waals surface area (Å²) in [6.07, 6.45) is 0. The molecule has 13 heavy (non-hydrogen) atoms. The molecule has 0 fully saturated rings. The first kappa shape index (κ1) is 10.5. The minimum absolute atomic E-state index is 0.288. The molecule has 4 N–H and O–H groups in total. The summed E-state index contributed by atoms with van der Waals surface area (Å²) in [7, 11) is 0. The van der Waals surface area contributed by atoms with Crippen LogP contribution in [0.2, 0.25) is 0 Å². The summed E-state index contributed by atoms with van der Waals surface area (Å²) in [5, 5.41) is 0.288. The van der Waals surface area contributed by atoms with Gasteiger partial charge in [-0.15, -0.1) is 23.5 Å². The van der Waals surface area contributed by atoms with Gasteiger partial charge in [-0.1, -0.05) is 6.92 Å². The van der Waals surface area contributed by atoms with E-state index in [0.717, 1.165) is 5.75 Å². The van der Waals surface area contributed by atoms with Crippen molar-refractivity contribution in [3.63, 3.8) is 0 Å². The second-order valence-electron chi connectivity index (χ2n) is 2.63. The minimum atomic E-state index is -0.571. The number of rotatable bonds is 2. The fourth-order valence-electron chi connectivity index (χ4n) is 0.908. The van der Waals surface area contributed by atoms with Gasteiger partial charge in [-0.25, -0.2) is 0 Å². The Hall–Kier alpha value is -0.620. The normalized spacial score (nSPS) is 23.0. The SMILES string of the molecule is CC1CSC(C(N)=O)=C(C(N)=O)S1. The van der Waals surface area contributed by atoms with Crippen LogP contribution in [0.3, 0.4) is 0 Å². The first-order valence-electron chi connectivity index (χ1n) is 3.65. The Kier molecular flexibility index (Phi) is 3.27. The maximum atomic E-state index is 10.9. The van der Waals surface area contributed by atoms with Crippen molar-refractivity contribution in [2.75, 3.05) is 5.75 Å². The highest BCUT2D eigenvalue weighted by Crippen LogP contribution is 2.37. The van der Waals surface area contributed by atoms with Crippen LogP contribution in [0.5, 0.6) is 0 Å². The van der Waals surface area contributed by atoms with E-state index in [-0.39, 0.29) is 5.25 Å². The van der Waals surface area contributed by atoms with Crippen LogP contribution in [0.1, 0.15) is 6.92 Å². The zero-order valence-electron chi connectivity index (χ0n) is 7.07. The van der Waals surface area contributed by atoms with Crippen LogP contribution in [0.4, 0.5) is 0 Å². The molecule has 0 aromatic heterocycles. The van der Waals surface area contributed by atoms with E-state index in [1.165, 1.54) is 23.5 Å². The second kappa shape index (κ2) is 4.06. The quantitative estimate of drug-likeness (QED) is 0.685. The van der Waals surface area contributed by atoms with Crippen molar-refractivity contribution in [3.05, 3.63) is 9.81 Å². The Balaban J connectivity index is 3.01. The summed E-state index contributed by atoms with van der Waals surface area (Å²) < 4.78 is 0. The zero-order chi connectivity index (χ0) is 10.0. The predicted octanol–water partition coefficient (Wildman–Crippen LogP) is 0.0371. The highest BCUT2D eigenvalue weighted by atomic mass is 32.2. The van der Waals surface area contributed by atoms with Crippen LogP contribution < -0.4 is 11.5 Å². The molecule has 72 valence electrons. The molecule has 1 unspecified atom stereocenters. The fourth-order valence-corrected chi connectivity index (χ4v) is 3.21. The molecular formula is C7H10N2O2S2. The number of hydrogen-bond acceptors (Lipinski definition) is 4. The third kappa shape index (κ3) is 2.41. The number of carbonyl (C=O) groups excluding carboxylic acids is 2. The number of thioether (sulfide) groups is 2. The van der Waals surface area contributed by atoms with Gasteiger partial charge in [0, 0.05) is 11.0 Å². The average Bonchev–Trinajstić information content (AvgIpc) is 2.03. The van der Waals surface area contributed by atoms with Crippen molar-refractivity contribution in [2.45, 2.75) is 12.2 Å². The van der Waals surface area contributed by atoms with E-state index in [0.29, 0.717) is 9.81 Å². The Bertz CT molecular complexity index is 288. The molecule has 0 spiro atoms. The molecule has 0 aromatic rings. The number of nitrogens with two attached hydrogens (primary N) is 2. The van der Waals surface area contributed by atoms with Crippen LogP contribution in [0.25, 0.3) is 0 Å². The van der Waals surface area contributed by atoms with Crippen molar-refractivity contribution in [1.82, 2.24) is 0 Å². The summed E-state index contributed by atoms with van der Waals surface area (Å²) in [6.45, 7) is 1.97. The van der Waals surface area contributed by atoms with Crippen LogP contribution in [-0.2, 0) is 9.59 Å². The maximum Gasteiger partial charge on any atom is 0.256 e. The molecule has 0 aliphatic carbocycles. The van der Waals surface area contributed by atoms with E-state index in [4.69, 9.17) is 11.5 Å². The minimum Gasteiger partial charge on any atom is -0.365 e. The van der Waals surface area contributed by atoms with Gasteiger partial charge in [0.2, 0.25) is 0 Å². The van der Waals surface area contributed by atoms with Gasteiger partial charge in [-0.3, -0.25) is 9.59 Å². The van der Waals surface area contributed by atoms with E-state index >= 15 is 0 Å². The van der Waals surface area contributed by atoms with E-state index < -0.39 is 11.8 Å². The number of amides is 2. The lowest BCUT2D eigenvalue weighted by Crippen LogP contribution is -2.24. The van der Waals surface area contributed by atoms with E-state index in [2.05, 4.69) is 0 Å². The molecular weight excluding hydrogens is 208 g/mol. The van der Waals surface area contributed by atoms with Gasteiger partial charge in [0.1, 0.15) is 0 Å². The fraction of sp³-hybridized carbons (Fsp3) is 0.429. The molecule has 1 rings (SSSR count). The Labute approximate surface area is 84.5 Å². The topological polar surface area (TPSA) is 86.2 Å².